The minimum atomic E-state index is -1.96. The van der Waals surface area contributed by atoms with Gasteiger partial charge in [-0.15, -0.1) is 0 Å². The van der Waals surface area contributed by atoms with Crippen LogP contribution in [0.2, 0.25) is 0 Å². The van der Waals surface area contributed by atoms with Gasteiger partial charge in [-0.2, -0.15) is 0 Å². The highest BCUT2D eigenvalue weighted by molar-refractivity contribution is 5.77. The molecular formula is C11H15NO4. The minimum absolute atomic E-state index is 0.127. The molecule has 16 heavy (non-hydrogen) atoms. The number of hydrogen-bond donors (Lipinski definition) is 4. The Morgan fingerprint density at radius 3 is 2.38 bits per heavy atom. The van der Waals surface area contributed by atoms with Crippen molar-refractivity contribution in [2.24, 2.45) is 5.73 Å². The molecule has 5 heteroatoms. The van der Waals surface area contributed by atoms with E-state index in [-0.39, 0.29) is 12.2 Å². The Morgan fingerprint density at radius 1 is 1.44 bits per heavy atom. The first-order valence-electron chi connectivity index (χ1n) is 4.83. The average Bonchev–Trinajstić information content (AvgIpc) is 2.21. The van der Waals surface area contributed by atoms with Gasteiger partial charge in [-0.05, 0) is 31.0 Å². The smallest absolute Gasteiger partial charge is 0.337 e. The van der Waals surface area contributed by atoms with Gasteiger partial charge in [0.15, 0.2) is 5.60 Å². The molecule has 1 rings (SSSR count). The highest BCUT2D eigenvalue weighted by Gasteiger charge is 2.36. The topological polar surface area (TPSA) is 104 Å². The van der Waals surface area contributed by atoms with Crippen LogP contribution in [0.1, 0.15) is 12.5 Å². The fraction of sp³-hybridized carbons (Fsp3) is 0.364. The molecule has 0 aliphatic rings. The van der Waals surface area contributed by atoms with Crippen LogP contribution in [0.25, 0.3) is 0 Å². The van der Waals surface area contributed by atoms with E-state index in [1.807, 2.05) is 0 Å². The molecule has 0 saturated heterocycles. The molecule has 5 nitrogen and oxygen atoms in total. The summed E-state index contributed by atoms with van der Waals surface area (Å²) < 4.78 is 0. The lowest BCUT2D eigenvalue weighted by atomic mass is 9.91. The Balaban J connectivity index is 2.75. The van der Waals surface area contributed by atoms with Crippen molar-refractivity contribution in [1.82, 2.24) is 0 Å². The van der Waals surface area contributed by atoms with Crippen LogP contribution in [0.15, 0.2) is 24.3 Å². The van der Waals surface area contributed by atoms with Gasteiger partial charge in [-0.25, -0.2) is 4.79 Å². The predicted molar refractivity (Wildman–Crippen MR) is 58.0 cm³/mol. The molecule has 0 bridgehead atoms. The van der Waals surface area contributed by atoms with Crippen LogP contribution in [0, 0.1) is 0 Å². The summed E-state index contributed by atoms with van der Waals surface area (Å²) in [6, 6.07) is 5.32. The molecule has 5 N–H and O–H groups in total. The summed E-state index contributed by atoms with van der Waals surface area (Å²) in [5, 5.41) is 27.4. The Morgan fingerprint density at radius 2 is 1.94 bits per heavy atom. The summed E-state index contributed by atoms with van der Waals surface area (Å²) in [5.74, 6) is -1.22. The Kier molecular flexibility index (Phi) is 3.51. The van der Waals surface area contributed by atoms with Crippen LogP contribution in [0.5, 0.6) is 5.75 Å². The van der Waals surface area contributed by atoms with E-state index in [1.54, 1.807) is 12.1 Å². The Hall–Kier alpha value is -1.59. The summed E-state index contributed by atoms with van der Waals surface area (Å²) in [6.07, 6.45) is 0.222. The van der Waals surface area contributed by atoms with Crippen LogP contribution < -0.4 is 5.73 Å². The highest BCUT2D eigenvalue weighted by atomic mass is 16.4. The summed E-state index contributed by atoms with van der Waals surface area (Å²) in [6.45, 7) is 1.17. The summed E-state index contributed by atoms with van der Waals surface area (Å²) in [4.78, 5) is 10.7. The molecule has 2 unspecified atom stereocenters. The predicted octanol–water partition coefficient (Wildman–Crippen LogP) is 0.0976. The van der Waals surface area contributed by atoms with Crippen molar-refractivity contribution in [1.29, 1.82) is 0 Å². The molecule has 0 fully saturated rings. The fourth-order valence-electron chi connectivity index (χ4n) is 1.24. The van der Waals surface area contributed by atoms with Gasteiger partial charge >= 0.3 is 5.97 Å². The van der Waals surface area contributed by atoms with Gasteiger partial charge in [-0.3, -0.25) is 0 Å². The monoisotopic (exact) mass is 225 g/mol. The molecule has 0 aromatic heterocycles. The van der Waals surface area contributed by atoms with Crippen molar-refractivity contribution in [2.45, 2.75) is 25.0 Å². The number of phenolic OH excluding ortho intramolecular Hbond substituents is 1. The number of aromatic hydroxyl groups is 1. The number of aliphatic carboxylic acids is 1. The van der Waals surface area contributed by atoms with Crippen molar-refractivity contribution in [3.63, 3.8) is 0 Å². The second-order valence-electron chi connectivity index (χ2n) is 3.93. The second-order valence-corrected chi connectivity index (χ2v) is 3.93. The number of carbonyl (C=O) groups is 1. The Bertz CT molecular complexity index is 372. The third kappa shape index (κ3) is 2.71. The zero-order valence-corrected chi connectivity index (χ0v) is 8.92. The maximum absolute atomic E-state index is 10.7. The number of nitrogens with two attached hydrogens (primary N) is 1. The van der Waals surface area contributed by atoms with Gasteiger partial charge in [0.2, 0.25) is 0 Å². The Labute approximate surface area is 93.1 Å². The number of aliphatic hydroxyl groups is 1. The number of carboxylic acids is 1. The van der Waals surface area contributed by atoms with Gasteiger partial charge < -0.3 is 21.1 Å². The molecule has 1 aromatic rings. The molecule has 0 aliphatic carbocycles. The number of carboxylic acid groups (broad SMARTS) is 1. The molecule has 88 valence electrons. The summed E-state index contributed by atoms with van der Waals surface area (Å²) in [5.41, 5.74) is 4.43. The largest absolute Gasteiger partial charge is 0.508 e. The molecule has 0 aliphatic heterocycles. The first-order chi connectivity index (χ1) is 7.34. The number of hydrogen-bond acceptors (Lipinski definition) is 4. The number of rotatable bonds is 4. The molecular weight excluding hydrogens is 210 g/mol. The normalized spacial score (nSPS) is 16.4. The molecule has 0 radical (unpaired) electrons. The van der Waals surface area contributed by atoms with Gasteiger partial charge in [0.1, 0.15) is 5.75 Å². The van der Waals surface area contributed by atoms with E-state index in [0.717, 1.165) is 5.56 Å². The molecule has 0 spiro atoms. The summed E-state index contributed by atoms with van der Waals surface area (Å²) in [7, 11) is 0. The quantitative estimate of drug-likeness (QED) is 0.581. The summed E-state index contributed by atoms with van der Waals surface area (Å²) >= 11 is 0. The third-order valence-electron chi connectivity index (χ3n) is 2.55. The average molecular weight is 225 g/mol. The standard InChI is InChI=1S/C11H15NO4/c1-11(16,10(14)15)9(12)6-7-2-4-8(13)5-3-7/h2-5,9,13,16H,6,12H2,1H3,(H,14,15). The van der Waals surface area contributed by atoms with Crippen LogP contribution in [-0.2, 0) is 11.2 Å². The van der Waals surface area contributed by atoms with Crippen LogP contribution >= 0.6 is 0 Å². The number of benzene rings is 1. The third-order valence-corrected chi connectivity index (χ3v) is 2.55. The first-order valence-corrected chi connectivity index (χ1v) is 4.83. The highest BCUT2D eigenvalue weighted by Crippen LogP contribution is 2.16. The number of phenols is 1. The zero-order valence-electron chi connectivity index (χ0n) is 8.92. The zero-order chi connectivity index (χ0) is 12.3. The van der Waals surface area contributed by atoms with Gasteiger partial charge in [0, 0.05) is 6.04 Å². The molecule has 0 saturated carbocycles. The van der Waals surface area contributed by atoms with E-state index < -0.39 is 17.6 Å². The lowest BCUT2D eigenvalue weighted by Gasteiger charge is -2.25. The first kappa shape index (κ1) is 12.5. The van der Waals surface area contributed by atoms with Gasteiger partial charge in [0.05, 0.1) is 0 Å². The van der Waals surface area contributed by atoms with E-state index >= 15 is 0 Å². The van der Waals surface area contributed by atoms with Crippen LogP contribution in [0.4, 0.5) is 0 Å². The van der Waals surface area contributed by atoms with Gasteiger partial charge in [-0.1, -0.05) is 12.1 Å². The van der Waals surface area contributed by atoms with Gasteiger partial charge in [0.25, 0.3) is 0 Å². The molecule has 0 amide bonds. The second kappa shape index (κ2) is 4.51. The van der Waals surface area contributed by atoms with E-state index in [9.17, 15) is 9.90 Å². The van der Waals surface area contributed by atoms with Crippen LogP contribution in [-0.4, -0.2) is 32.9 Å². The maximum atomic E-state index is 10.7. The maximum Gasteiger partial charge on any atom is 0.337 e. The van der Waals surface area contributed by atoms with Crippen LogP contribution in [0.3, 0.4) is 0 Å². The van der Waals surface area contributed by atoms with Crippen molar-refractivity contribution >= 4 is 5.97 Å². The molecule has 2 atom stereocenters. The van der Waals surface area contributed by atoms with Crippen molar-refractivity contribution in [3.05, 3.63) is 29.8 Å². The minimum Gasteiger partial charge on any atom is -0.508 e. The van der Waals surface area contributed by atoms with E-state index in [2.05, 4.69) is 0 Å². The SMILES string of the molecule is CC(O)(C(=O)O)C(N)Cc1ccc(O)cc1. The van der Waals surface area contributed by atoms with E-state index in [1.165, 1.54) is 19.1 Å². The van der Waals surface area contributed by atoms with Crippen molar-refractivity contribution < 1.29 is 20.1 Å². The van der Waals surface area contributed by atoms with E-state index in [0.29, 0.717) is 0 Å². The van der Waals surface area contributed by atoms with Crippen molar-refractivity contribution in [3.8, 4) is 5.75 Å². The lowest BCUT2D eigenvalue weighted by molar-refractivity contribution is -0.158. The van der Waals surface area contributed by atoms with E-state index in [4.69, 9.17) is 15.9 Å². The molecule has 1 aromatic carbocycles. The fourth-order valence-corrected chi connectivity index (χ4v) is 1.24. The lowest BCUT2D eigenvalue weighted by Crippen LogP contribution is -2.52. The van der Waals surface area contributed by atoms with Crippen molar-refractivity contribution in [2.75, 3.05) is 0 Å². The molecule has 0 heterocycles.